The molecule has 1 aromatic carbocycles. The highest BCUT2D eigenvalue weighted by Gasteiger charge is 2.24. The molecule has 10 heteroatoms. The summed E-state index contributed by atoms with van der Waals surface area (Å²) in [4.78, 5) is 49.4. The van der Waals surface area contributed by atoms with Gasteiger partial charge in [0, 0.05) is 5.56 Å². The van der Waals surface area contributed by atoms with E-state index in [1.807, 2.05) is 18.4 Å². The van der Waals surface area contributed by atoms with Crippen LogP contribution in [0.4, 0.5) is 0 Å². The average molecular weight is 492 g/mol. The molecule has 3 amide bonds. The second-order valence-electron chi connectivity index (χ2n) is 8.22. The van der Waals surface area contributed by atoms with Gasteiger partial charge in [-0.3, -0.25) is 25.2 Å². The van der Waals surface area contributed by atoms with E-state index in [1.165, 1.54) is 23.1 Å². The maximum absolute atomic E-state index is 12.7. The summed E-state index contributed by atoms with van der Waals surface area (Å²) < 4.78 is 5.06. The number of thiophene rings is 1. The Kier molecular flexibility index (Phi) is 9.93. The fraction of sp³-hybridized carbons (Fsp3) is 0.391. The van der Waals surface area contributed by atoms with Crippen molar-refractivity contribution in [1.82, 2.24) is 16.2 Å². The lowest BCUT2D eigenvalue weighted by molar-refractivity contribution is -0.150. The van der Waals surface area contributed by atoms with Gasteiger partial charge < -0.3 is 10.1 Å². The number of ether oxygens (including phenoxy) is 1. The first-order chi connectivity index (χ1) is 15.6. The summed E-state index contributed by atoms with van der Waals surface area (Å²) in [5.41, 5.74) is 5.92. The minimum atomic E-state index is -0.902. The number of hydrogen-bond donors (Lipinski definition) is 3. The van der Waals surface area contributed by atoms with E-state index in [0.717, 1.165) is 5.56 Å². The molecule has 33 heavy (non-hydrogen) atoms. The van der Waals surface area contributed by atoms with Crippen LogP contribution < -0.4 is 16.2 Å². The quantitative estimate of drug-likeness (QED) is 0.367. The number of benzene rings is 1. The number of carbonyl (C=O) groups is 4. The molecule has 1 unspecified atom stereocenters. The molecule has 0 saturated carbocycles. The molecule has 2 aromatic rings. The molecule has 0 aliphatic rings. The summed E-state index contributed by atoms with van der Waals surface area (Å²) in [5, 5.41) is 4.43. The molecule has 0 bridgehead atoms. The zero-order valence-electron chi connectivity index (χ0n) is 19.1. The molecule has 2 rings (SSSR count). The van der Waals surface area contributed by atoms with Crippen LogP contribution >= 0.6 is 23.1 Å². The number of carbonyl (C=O) groups excluding carboxylic acids is 4. The smallest absolute Gasteiger partial charge is 0.329 e. The van der Waals surface area contributed by atoms with Crippen LogP contribution in [0.3, 0.4) is 0 Å². The molecule has 0 aliphatic carbocycles. The summed E-state index contributed by atoms with van der Waals surface area (Å²) in [7, 11) is 0. The van der Waals surface area contributed by atoms with Crippen molar-refractivity contribution in [3.63, 3.8) is 0 Å². The second kappa shape index (κ2) is 12.4. The van der Waals surface area contributed by atoms with Gasteiger partial charge in [-0.15, -0.1) is 11.3 Å². The van der Waals surface area contributed by atoms with E-state index in [2.05, 4.69) is 36.9 Å². The zero-order chi connectivity index (χ0) is 24.4. The Morgan fingerprint density at radius 2 is 1.73 bits per heavy atom. The van der Waals surface area contributed by atoms with Crippen molar-refractivity contribution in [2.75, 3.05) is 18.6 Å². The van der Waals surface area contributed by atoms with Gasteiger partial charge >= 0.3 is 5.97 Å². The molecule has 0 spiro atoms. The minimum absolute atomic E-state index is 0.0382. The standard InChI is InChI=1S/C23H29N3O5S2/c1-23(2,3)16-9-7-15(8-10-16)20(28)24-17(11-13-32-4)22(30)31-14-19(27)25-26-21(29)18-6-5-12-33-18/h5-10,12,17H,11,13-14H2,1-4H3,(H,24,28)(H,25,27)(H,26,29). The largest absolute Gasteiger partial charge is 0.454 e. The number of thioether (sulfide) groups is 1. The van der Waals surface area contributed by atoms with Crippen LogP contribution in [0.5, 0.6) is 0 Å². The van der Waals surface area contributed by atoms with Gasteiger partial charge in [0.15, 0.2) is 6.61 Å². The van der Waals surface area contributed by atoms with Gasteiger partial charge in [-0.2, -0.15) is 11.8 Å². The maximum atomic E-state index is 12.7. The molecular weight excluding hydrogens is 462 g/mol. The van der Waals surface area contributed by atoms with Crippen LogP contribution in [0.1, 0.15) is 52.8 Å². The fourth-order valence-corrected chi connectivity index (χ4v) is 3.81. The highest BCUT2D eigenvalue weighted by Crippen LogP contribution is 2.22. The van der Waals surface area contributed by atoms with Crippen molar-refractivity contribution < 1.29 is 23.9 Å². The Balaban J connectivity index is 1.89. The van der Waals surface area contributed by atoms with Crippen molar-refractivity contribution in [3.05, 3.63) is 57.8 Å². The van der Waals surface area contributed by atoms with Crippen molar-refractivity contribution in [3.8, 4) is 0 Å². The molecule has 3 N–H and O–H groups in total. The van der Waals surface area contributed by atoms with Crippen molar-refractivity contribution in [2.45, 2.75) is 38.6 Å². The summed E-state index contributed by atoms with van der Waals surface area (Å²) in [6, 6.07) is 9.64. The lowest BCUT2D eigenvalue weighted by Crippen LogP contribution is -2.46. The first-order valence-corrected chi connectivity index (χ1v) is 12.6. The van der Waals surface area contributed by atoms with Crippen molar-refractivity contribution >= 4 is 46.8 Å². The van der Waals surface area contributed by atoms with Crippen LogP contribution in [0.2, 0.25) is 0 Å². The van der Waals surface area contributed by atoms with Crippen LogP contribution in [-0.2, 0) is 19.7 Å². The van der Waals surface area contributed by atoms with E-state index < -0.39 is 36.3 Å². The molecule has 0 aliphatic heterocycles. The van der Waals surface area contributed by atoms with E-state index in [-0.39, 0.29) is 5.41 Å². The number of hydrazine groups is 1. The van der Waals surface area contributed by atoms with Gasteiger partial charge in [0.05, 0.1) is 4.88 Å². The molecule has 1 aromatic heterocycles. The highest BCUT2D eigenvalue weighted by molar-refractivity contribution is 7.98. The van der Waals surface area contributed by atoms with E-state index >= 15 is 0 Å². The Morgan fingerprint density at radius 3 is 2.30 bits per heavy atom. The van der Waals surface area contributed by atoms with E-state index in [9.17, 15) is 19.2 Å². The SMILES string of the molecule is CSCCC(NC(=O)c1ccc(C(C)(C)C)cc1)C(=O)OCC(=O)NNC(=O)c1cccs1. The van der Waals surface area contributed by atoms with Gasteiger partial charge in [-0.1, -0.05) is 39.0 Å². The van der Waals surface area contributed by atoms with Crippen LogP contribution in [-0.4, -0.2) is 48.3 Å². The number of hydrogen-bond acceptors (Lipinski definition) is 7. The Hall–Kier alpha value is -2.85. The van der Waals surface area contributed by atoms with Crippen molar-refractivity contribution in [1.29, 1.82) is 0 Å². The van der Waals surface area contributed by atoms with E-state index in [4.69, 9.17) is 4.74 Å². The second-order valence-corrected chi connectivity index (χ2v) is 10.2. The van der Waals surface area contributed by atoms with Gasteiger partial charge in [0.25, 0.3) is 17.7 Å². The molecule has 8 nitrogen and oxygen atoms in total. The summed E-state index contributed by atoms with van der Waals surface area (Å²) in [6.07, 6.45) is 2.24. The Morgan fingerprint density at radius 1 is 1.03 bits per heavy atom. The molecule has 178 valence electrons. The van der Waals surface area contributed by atoms with Crippen molar-refractivity contribution in [2.24, 2.45) is 0 Å². The topological polar surface area (TPSA) is 114 Å². The molecule has 0 saturated heterocycles. The number of amides is 3. The minimum Gasteiger partial charge on any atom is -0.454 e. The summed E-state index contributed by atoms with van der Waals surface area (Å²) in [6.45, 7) is 5.66. The first-order valence-electron chi connectivity index (χ1n) is 10.3. The lowest BCUT2D eigenvalue weighted by Gasteiger charge is -2.20. The first kappa shape index (κ1) is 26.4. The Labute approximate surface area is 201 Å². The van der Waals surface area contributed by atoms with Gasteiger partial charge in [-0.25, -0.2) is 4.79 Å². The lowest BCUT2D eigenvalue weighted by atomic mass is 9.86. The predicted molar refractivity (Wildman–Crippen MR) is 130 cm³/mol. The molecule has 1 heterocycles. The van der Waals surface area contributed by atoms with Crippen LogP contribution in [0.15, 0.2) is 41.8 Å². The molecule has 0 radical (unpaired) electrons. The van der Waals surface area contributed by atoms with E-state index in [1.54, 1.807) is 29.6 Å². The van der Waals surface area contributed by atoms with E-state index in [0.29, 0.717) is 22.6 Å². The van der Waals surface area contributed by atoms with Gasteiger partial charge in [0.2, 0.25) is 0 Å². The number of esters is 1. The van der Waals surface area contributed by atoms with Gasteiger partial charge in [0.1, 0.15) is 6.04 Å². The zero-order valence-corrected chi connectivity index (χ0v) is 20.7. The Bertz CT molecular complexity index is 953. The molecule has 1 atom stereocenters. The molecule has 0 fully saturated rings. The monoisotopic (exact) mass is 491 g/mol. The maximum Gasteiger partial charge on any atom is 0.329 e. The normalized spacial score (nSPS) is 11.9. The third-order valence-corrected chi connectivity index (χ3v) is 6.13. The third kappa shape index (κ3) is 8.54. The van der Waals surface area contributed by atoms with Crippen LogP contribution in [0, 0.1) is 0 Å². The average Bonchev–Trinajstić information content (AvgIpc) is 3.33. The summed E-state index contributed by atoms with van der Waals surface area (Å²) >= 11 is 2.75. The van der Waals surface area contributed by atoms with Gasteiger partial charge in [-0.05, 0) is 53.0 Å². The van der Waals surface area contributed by atoms with Crippen LogP contribution in [0.25, 0.3) is 0 Å². The fourth-order valence-electron chi connectivity index (χ4n) is 2.72. The third-order valence-electron chi connectivity index (χ3n) is 4.62. The summed E-state index contributed by atoms with van der Waals surface area (Å²) in [5.74, 6) is -1.66. The predicted octanol–water partition coefficient (Wildman–Crippen LogP) is 2.90. The number of nitrogens with one attached hydrogen (secondary N) is 3. The number of rotatable bonds is 9. The highest BCUT2D eigenvalue weighted by atomic mass is 32.2. The molecular formula is C23H29N3O5S2.